The highest BCUT2D eigenvalue weighted by atomic mass is 15.0. The Morgan fingerprint density at radius 1 is 1.60 bits per heavy atom. The van der Waals surface area contributed by atoms with Crippen LogP contribution in [-0.4, -0.2) is 16.1 Å². The van der Waals surface area contributed by atoms with Gasteiger partial charge in [-0.1, -0.05) is 0 Å². The summed E-state index contributed by atoms with van der Waals surface area (Å²) in [5.41, 5.74) is 0. The van der Waals surface area contributed by atoms with Crippen LogP contribution in [0.3, 0.4) is 0 Å². The fourth-order valence-corrected chi connectivity index (χ4v) is 0.837. The Morgan fingerprint density at radius 2 is 2.50 bits per heavy atom. The summed E-state index contributed by atoms with van der Waals surface area (Å²) in [6.45, 7) is 2.13. The van der Waals surface area contributed by atoms with Gasteiger partial charge >= 0.3 is 0 Å². The topological polar surface area (TPSA) is 34.4 Å². The first-order valence-corrected chi connectivity index (χ1v) is 3.50. The van der Waals surface area contributed by atoms with Gasteiger partial charge in [-0.3, -0.25) is 0 Å². The molecule has 56 valence electrons. The molecule has 1 rings (SSSR count). The lowest BCUT2D eigenvalue weighted by Crippen LogP contribution is -2.76. The second-order valence-corrected chi connectivity index (χ2v) is 2.23. The van der Waals surface area contributed by atoms with E-state index in [9.17, 15) is 0 Å². The molecule has 0 radical (unpaired) electrons. The molecule has 3 nitrogen and oxygen atoms in total. The molecular weight excluding hydrogens is 126 g/mol. The van der Waals surface area contributed by atoms with Crippen molar-refractivity contribution in [1.29, 1.82) is 0 Å². The van der Waals surface area contributed by atoms with Gasteiger partial charge in [-0.15, -0.1) is 0 Å². The summed E-state index contributed by atoms with van der Waals surface area (Å²) in [6, 6.07) is 0. The van der Waals surface area contributed by atoms with Crippen LogP contribution in [0.5, 0.6) is 0 Å². The Hall–Kier alpha value is -0.830. The zero-order valence-corrected chi connectivity index (χ0v) is 6.03. The van der Waals surface area contributed by atoms with Crippen LogP contribution in [0, 0.1) is 7.05 Å². The van der Waals surface area contributed by atoms with Gasteiger partial charge in [-0.05, 0) is 0 Å². The van der Waals surface area contributed by atoms with E-state index in [1.807, 2.05) is 17.8 Å². The van der Waals surface area contributed by atoms with E-state index in [1.165, 1.54) is 0 Å². The minimum atomic E-state index is 1.05. The number of nitrogens with zero attached hydrogens (tertiary/aromatic N) is 2. The Bertz CT molecular complexity index is 157. The largest absolute Gasteiger partial charge is 0.479 e. The molecule has 2 N–H and O–H groups in total. The third-order valence-corrected chi connectivity index (χ3v) is 1.38. The van der Waals surface area contributed by atoms with E-state index < -0.39 is 0 Å². The van der Waals surface area contributed by atoms with Gasteiger partial charge in [0, 0.05) is 25.4 Å². The molecule has 0 amide bonds. The molecule has 0 aliphatic carbocycles. The van der Waals surface area contributed by atoms with Crippen LogP contribution in [0.4, 0.5) is 0 Å². The average molecular weight is 139 g/mol. The molecule has 1 aromatic heterocycles. The zero-order chi connectivity index (χ0) is 7.23. The molecule has 0 aliphatic heterocycles. The number of hydrogen-bond acceptors (Lipinski definition) is 1. The predicted molar refractivity (Wildman–Crippen MR) is 39.0 cm³/mol. The van der Waals surface area contributed by atoms with E-state index in [4.69, 9.17) is 0 Å². The van der Waals surface area contributed by atoms with Gasteiger partial charge in [0.25, 0.3) is 0 Å². The Balaban J connectivity index is 2.15. The third-order valence-electron chi connectivity index (χ3n) is 1.38. The van der Waals surface area contributed by atoms with Crippen LogP contribution in [0.2, 0.25) is 0 Å². The molecule has 0 atom stereocenters. The lowest BCUT2D eigenvalue weighted by molar-refractivity contribution is -0.596. The maximum Gasteiger partial charge on any atom is 0.0945 e. The van der Waals surface area contributed by atoms with E-state index in [1.54, 1.807) is 6.20 Å². The molecule has 0 unspecified atom stereocenters. The Morgan fingerprint density at radius 3 is 3.10 bits per heavy atom. The number of hydrogen-bond donors (Lipinski definition) is 1. The summed E-state index contributed by atoms with van der Waals surface area (Å²) in [4.78, 5) is 3.94. The molecule has 1 heterocycles. The van der Waals surface area contributed by atoms with Gasteiger partial charge in [0.05, 0.1) is 12.9 Å². The van der Waals surface area contributed by atoms with Crippen molar-refractivity contribution in [3.8, 4) is 0 Å². The monoisotopic (exact) mass is 139 g/mol. The summed E-state index contributed by atoms with van der Waals surface area (Å²) < 4.78 is 2.07. The first-order valence-electron chi connectivity index (χ1n) is 3.50. The highest BCUT2D eigenvalue weighted by molar-refractivity contribution is 4.73. The van der Waals surface area contributed by atoms with Crippen molar-refractivity contribution in [3.63, 3.8) is 0 Å². The summed E-state index contributed by atoms with van der Waals surface area (Å²) in [7, 11) is 3.65. The van der Waals surface area contributed by atoms with E-state index in [0.29, 0.717) is 0 Å². The fraction of sp³-hybridized carbons (Fsp3) is 0.429. The zero-order valence-electron chi connectivity index (χ0n) is 6.03. The SMILES string of the molecule is [CH2-][NH2+]CCCn1ccnc1. The summed E-state index contributed by atoms with van der Waals surface area (Å²) in [5.74, 6) is 0. The molecule has 3 heteroatoms. The predicted octanol–water partition coefficient (Wildman–Crippen LogP) is -0.372. The number of aromatic nitrogens is 2. The second kappa shape index (κ2) is 4.06. The van der Waals surface area contributed by atoms with Crippen molar-refractivity contribution in [2.75, 3.05) is 6.54 Å². The van der Waals surface area contributed by atoms with Crippen LogP contribution in [-0.2, 0) is 6.54 Å². The molecule has 0 aliphatic rings. The molecule has 10 heavy (non-hydrogen) atoms. The second-order valence-electron chi connectivity index (χ2n) is 2.23. The number of quaternary nitrogens is 1. The maximum absolute atomic E-state index is 3.94. The van der Waals surface area contributed by atoms with Crippen LogP contribution in [0.15, 0.2) is 18.7 Å². The van der Waals surface area contributed by atoms with Crippen molar-refractivity contribution in [2.45, 2.75) is 13.0 Å². The Kier molecular flexibility index (Phi) is 2.96. The lowest BCUT2D eigenvalue weighted by Gasteiger charge is -2.00. The van der Waals surface area contributed by atoms with E-state index in [-0.39, 0.29) is 0 Å². The summed E-state index contributed by atoms with van der Waals surface area (Å²) >= 11 is 0. The molecule has 1 aromatic rings. The maximum atomic E-state index is 3.94. The van der Waals surface area contributed by atoms with Gasteiger partial charge in [0.15, 0.2) is 0 Å². The minimum absolute atomic E-state index is 1.05. The van der Waals surface area contributed by atoms with Crippen LogP contribution in [0.1, 0.15) is 6.42 Å². The summed E-state index contributed by atoms with van der Waals surface area (Å²) in [6.07, 6.45) is 6.76. The van der Waals surface area contributed by atoms with Crippen LogP contribution >= 0.6 is 0 Å². The molecule has 0 saturated carbocycles. The number of nitrogens with two attached hydrogens (primary N) is 1. The van der Waals surface area contributed by atoms with Crippen molar-refractivity contribution >= 4 is 0 Å². The highest BCUT2D eigenvalue weighted by Gasteiger charge is 1.87. The van der Waals surface area contributed by atoms with E-state index in [0.717, 1.165) is 19.5 Å². The molecular formula is C7H13N3. The summed E-state index contributed by atoms with van der Waals surface area (Å²) in [5, 5.41) is 1.94. The van der Waals surface area contributed by atoms with Gasteiger partial charge < -0.3 is 9.88 Å². The van der Waals surface area contributed by atoms with Crippen molar-refractivity contribution in [2.24, 2.45) is 0 Å². The van der Waals surface area contributed by atoms with Crippen molar-refractivity contribution in [3.05, 3.63) is 25.8 Å². The number of imidazole rings is 1. The molecule has 0 fully saturated rings. The molecule has 0 spiro atoms. The first kappa shape index (κ1) is 7.28. The smallest absolute Gasteiger partial charge is 0.0945 e. The lowest BCUT2D eigenvalue weighted by atomic mass is 10.4. The minimum Gasteiger partial charge on any atom is -0.479 e. The van der Waals surface area contributed by atoms with Gasteiger partial charge in [0.1, 0.15) is 0 Å². The van der Waals surface area contributed by atoms with Gasteiger partial charge in [0.2, 0.25) is 0 Å². The van der Waals surface area contributed by atoms with Gasteiger partial charge in [-0.2, -0.15) is 7.05 Å². The molecule has 0 bridgehead atoms. The first-order chi connectivity index (χ1) is 4.93. The van der Waals surface area contributed by atoms with Gasteiger partial charge in [-0.25, -0.2) is 4.98 Å². The normalized spacial score (nSPS) is 10.1. The highest BCUT2D eigenvalue weighted by Crippen LogP contribution is 1.86. The van der Waals surface area contributed by atoms with Crippen molar-refractivity contribution in [1.82, 2.24) is 9.55 Å². The molecule has 0 saturated heterocycles. The average Bonchev–Trinajstić information content (AvgIpc) is 2.41. The van der Waals surface area contributed by atoms with Crippen molar-refractivity contribution < 1.29 is 5.32 Å². The molecule has 0 aromatic carbocycles. The van der Waals surface area contributed by atoms with Crippen LogP contribution in [0.25, 0.3) is 0 Å². The standard InChI is InChI=1S/C7H13N3/c1-8-3-2-5-10-6-4-9-7-10/h4,6-7H,1-3,5,8H2. The third kappa shape index (κ3) is 2.19. The number of aryl methyl sites for hydroxylation is 1. The fourth-order valence-electron chi connectivity index (χ4n) is 0.837. The van der Waals surface area contributed by atoms with E-state index in [2.05, 4.69) is 16.6 Å². The Labute approximate surface area is 61.1 Å². The van der Waals surface area contributed by atoms with Crippen LogP contribution < -0.4 is 5.32 Å². The number of rotatable bonds is 4. The quantitative estimate of drug-likeness (QED) is 0.448. The van der Waals surface area contributed by atoms with E-state index >= 15 is 0 Å².